The molecule has 0 spiro atoms. The van der Waals surface area contributed by atoms with Gasteiger partial charge in [-0.1, -0.05) is 6.07 Å². The van der Waals surface area contributed by atoms with Crippen LogP contribution in [0.1, 0.15) is 42.1 Å². The number of imidazole rings is 1. The summed E-state index contributed by atoms with van der Waals surface area (Å²) < 4.78 is 2.20. The molecule has 144 valence electrons. The number of aryl methyl sites for hydroxylation is 1. The Morgan fingerprint density at radius 2 is 1.96 bits per heavy atom. The largest absolute Gasteiger partial charge is 0.342 e. The Balaban J connectivity index is 1.39. The van der Waals surface area contributed by atoms with E-state index in [1.165, 1.54) is 5.56 Å². The van der Waals surface area contributed by atoms with Crippen LogP contribution in [0, 0.1) is 0 Å². The van der Waals surface area contributed by atoms with E-state index in [9.17, 15) is 4.79 Å². The molecule has 0 radical (unpaired) electrons. The van der Waals surface area contributed by atoms with Gasteiger partial charge in [0.1, 0.15) is 5.82 Å². The Morgan fingerprint density at radius 3 is 2.79 bits per heavy atom. The van der Waals surface area contributed by atoms with Crippen molar-refractivity contribution < 1.29 is 4.79 Å². The van der Waals surface area contributed by atoms with Crippen LogP contribution in [-0.4, -0.2) is 43.4 Å². The van der Waals surface area contributed by atoms with Crippen LogP contribution in [0.2, 0.25) is 0 Å². The number of rotatable bonds is 6. The van der Waals surface area contributed by atoms with Gasteiger partial charge >= 0.3 is 0 Å². The van der Waals surface area contributed by atoms with Gasteiger partial charge in [-0.15, -0.1) is 0 Å². The van der Waals surface area contributed by atoms with E-state index in [1.807, 2.05) is 60.1 Å². The molecule has 4 heterocycles. The Kier molecular flexibility index (Phi) is 5.75. The van der Waals surface area contributed by atoms with Crippen molar-refractivity contribution in [3.05, 3.63) is 78.4 Å². The SMILES string of the molecule is O=C(CCc1cccnc1)N1CCC[C@@H](c2nccn2Cc2ccncc2)C1. The minimum atomic E-state index is 0.223. The highest BCUT2D eigenvalue weighted by atomic mass is 16.2. The Hall–Kier alpha value is -3.02. The second-order valence-corrected chi connectivity index (χ2v) is 7.31. The highest BCUT2D eigenvalue weighted by molar-refractivity contribution is 5.76. The molecule has 0 aliphatic carbocycles. The quantitative estimate of drug-likeness (QED) is 0.664. The normalized spacial score (nSPS) is 16.9. The van der Waals surface area contributed by atoms with Crippen LogP contribution in [-0.2, 0) is 17.8 Å². The zero-order chi connectivity index (χ0) is 19.2. The zero-order valence-electron chi connectivity index (χ0n) is 15.9. The van der Waals surface area contributed by atoms with E-state index >= 15 is 0 Å². The molecule has 28 heavy (non-hydrogen) atoms. The minimum absolute atomic E-state index is 0.223. The van der Waals surface area contributed by atoms with Crippen molar-refractivity contribution >= 4 is 5.91 Å². The van der Waals surface area contributed by atoms with Crippen molar-refractivity contribution in [1.82, 2.24) is 24.4 Å². The van der Waals surface area contributed by atoms with Crippen molar-refractivity contribution in [2.24, 2.45) is 0 Å². The zero-order valence-corrected chi connectivity index (χ0v) is 15.9. The molecule has 0 aromatic carbocycles. The van der Waals surface area contributed by atoms with Gasteiger partial charge in [-0.2, -0.15) is 0 Å². The van der Waals surface area contributed by atoms with Gasteiger partial charge < -0.3 is 9.47 Å². The first-order valence-electron chi connectivity index (χ1n) is 9.86. The van der Waals surface area contributed by atoms with Gasteiger partial charge in [0, 0.05) is 69.2 Å². The van der Waals surface area contributed by atoms with Gasteiger partial charge in [-0.25, -0.2) is 4.98 Å². The summed E-state index contributed by atoms with van der Waals surface area (Å²) in [5.41, 5.74) is 2.31. The van der Waals surface area contributed by atoms with Gasteiger partial charge in [-0.05, 0) is 48.6 Å². The van der Waals surface area contributed by atoms with Crippen LogP contribution >= 0.6 is 0 Å². The van der Waals surface area contributed by atoms with E-state index in [0.717, 1.165) is 50.3 Å². The summed E-state index contributed by atoms with van der Waals surface area (Å²) in [4.78, 5) is 27.6. The number of likely N-dealkylation sites (tertiary alicyclic amines) is 1. The van der Waals surface area contributed by atoms with E-state index in [2.05, 4.69) is 19.5 Å². The van der Waals surface area contributed by atoms with Crippen molar-refractivity contribution in [1.29, 1.82) is 0 Å². The third-order valence-electron chi connectivity index (χ3n) is 5.34. The number of hydrogen-bond acceptors (Lipinski definition) is 4. The Bertz CT molecular complexity index is 894. The number of amides is 1. The molecule has 3 aromatic heterocycles. The third-order valence-corrected chi connectivity index (χ3v) is 5.34. The summed E-state index contributed by atoms with van der Waals surface area (Å²) in [5.74, 6) is 1.58. The fourth-order valence-electron chi connectivity index (χ4n) is 3.87. The van der Waals surface area contributed by atoms with Crippen molar-refractivity contribution in [2.75, 3.05) is 13.1 Å². The molecule has 1 saturated heterocycles. The van der Waals surface area contributed by atoms with Crippen molar-refractivity contribution in [2.45, 2.75) is 38.1 Å². The molecule has 0 saturated carbocycles. The second kappa shape index (κ2) is 8.78. The molecule has 0 unspecified atom stereocenters. The number of carbonyl (C=O) groups excluding carboxylic acids is 1. The van der Waals surface area contributed by atoms with Gasteiger partial charge in [0.2, 0.25) is 5.91 Å². The van der Waals surface area contributed by atoms with Crippen LogP contribution in [0.5, 0.6) is 0 Å². The Labute approximate surface area is 165 Å². The lowest BCUT2D eigenvalue weighted by Gasteiger charge is -2.33. The summed E-state index contributed by atoms with van der Waals surface area (Å²) >= 11 is 0. The molecule has 1 amide bonds. The molecule has 1 fully saturated rings. The summed E-state index contributed by atoms with van der Waals surface area (Å²) in [5, 5.41) is 0. The maximum Gasteiger partial charge on any atom is 0.222 e. The van der Waals surface area contributed by atoms with E-state index in [4.69, 9.17) is 0 Å². The second-order valence-electron chi connectivity index (χ2n) is 7.31. The van der Waals surface area contributed by atoms with Gasteiger partial charge in [0.05, 0.1) is 0 Å². The summed E-state index contributed by atoms with van der Waals surface area (Å²) in [7, 11) is 0. The average molecular weight is 375 g/mol. The highest BCUT2D eigenvalue weighted by Crippen LogP contribution is 2.27. The number of carbonyl (C=O) groups is 1. The minimum Gasteiger partial charge on any atom is -0.342 e. The maximum absolute atomic E-state index is 12.7. The first-order valence-corrected chi connectivity index (χ1v) is 9.86. The number of aromatic nitrogens is 4. The molecular formula is C22H25N5O. The average Bonchev–Trinajstić information content (AvgIpc) is 3.22. The van der Waals surface area contributed by atoms with Crippen LogP contribution in [0.3, 0.4) is 0 Å². The number of pyridine rings is 2. The molecule has 1 atom stereocenters. The molecule has 1 aliphatic heterocycles. The molecule has 6 nitrogen and oxygen atoms in total. The molecule has 6 heteroatoms. The van der Waals surface area contributed by atoms with E-state index in [0.29, 0.717) is 6.42 Å². The number of piperidine rings is 1. The van der Waals surface area contributed by atoms with Crippen LogP contribution in [0.25, 0.3) is 0 Å². The molecular weight excluding hydrogens is 350 g/mol. The predicted molar refractivity (Wildman–Crippen MR) is 107 cm³/mol. The van der Waals surface area contributed by atoms with Gasteiger partial charge in [0.15, 0.2) is 0 Å². The van der Waals surface area contributed by atoms with Crippen LogP contribution < -0.4 is 0 Å². The van der Waals surface area contributed by atoms with Gasteiger partial charge in [0.25, 0.3) is 0 Å². The van der Waals surface area contributed by atoms with E-state index in [1.54, 1.807) is 6.20 Å². The lowest BCUT2D eigenvalue weighted by atomic mass is 9.96. The first kappa shape index (κ1) is 18.3. The van der Waals surface area contributed by atoms with E-state index < -0.39 is 0 Å². The molecule has 4 rings (SSSR count). The molecule has 1 aliphatic rings. The van der Waals surface area contributed by atoms with Crippen LogP contribution in [0.4, 0.5) is 0 Å². The monoisotopic (exact) mass is 375 g/mol. The van der Waals surface area contributed by atoms with E-state index in [-0.39, 0.29) is 11.8 Å². The molecule has 0 N–H and O–H groups in total. The lowest BCUT2D eigenvalue weighted by Crippen LogP contribution is -2.39. The fraction of sp³-hybridized carbons (Fsp3) is 0.364. The summed E-state index contributed by atoms with van der Waals surface area (Å²) in [6, 6.07) is 7.99. The standard InChI is InChI=1S/C22H25N5O/c28-21(6-5-18-3-1-9-24-15-18)26-13-2-4-20(17-26)22-25-12-14-27(22)16-19-7-10-23-11-8-19/h1,3,7-12,14-15,20H,2,4-6,13,16-17H2/t20-/m1/s1. The predicted octanol–water partition coefficient (Wildman–Crippen LogP) is 3.06. The maximum atomic E-state index is 12.7. The number of hydrogen-bond donors (Lipinski definition) is 0. The van der Waals surface area contributed by atoms with Crippen LogP contribution in [0.15, 0.2) is 61.4 Å². The van der Waals surface area contributed by atoms with Crippen molar-refractivity contribution in [3.63, 3.8) is 0 Å². The number of nitrogens with zero attached hydrogens (tertiary/aromatic N) is 5. The molecule has 0 bridgehead atoms. The Morgan fingerprint density at radius 1 is 1.07 bits per heavy atom. The lowest BCUT2D eigenvalue weighted by molar-refractivity contribution is -0.132. The summed E-state index contributed by atoms with van der Waals surface area (Å²) in [6.45, 7) is 2.37. The summed E-state index contributed by atoms with van der Waals surface area (Å²) in [6.07, 6.45) is 14.5. The smallest absolute Gasteiger partial charge is 0.222 e. The van der Waals surface area contributed by atoms with Crippen molar-refractivity contribution in [3.8, 4) is 0 Å². The first-order chi connectivity index (χ1) is 13.8. The third kappa shape index (κ3) is 4.44. The molecule has 3 aromatic rings. The topological polar surface area (TPSA) is 63.9 Å². The highest BCUT2D eigenvalue weighted by Gasteiger charge is 2.27. The van der Waals surface area contributed by atoms with Gasteiger partial charge in [-0.3, -0.25) is 14.8 Å². The fourth-order valence-corrected chi connectivity index (χ4v) is 3.87.